The lowest BCUT2D eigenvalue weighted by Crippen LogP contribution is -1.92. The van der Waals surface area contributed by atoms with Crippen molar-refractivity contribution in [2.45, 2.75) is 13.8 Å². The summed E-state index contributed by atoms with van der Waals surface area (Å²) in [6.45, 7) is 4.72. The first-order valence-electron chi connectivity index (χ1n) is 4.53. The van der Waals surface area contributed by atoms with Gasteiger partial charge in [-0.05, 0) is 36.2 Å². The van der Waals surface area contributed by atoms with Gasteiger partial charge in [-0.15, -0.1) is 11.3 Å². The molecule has 1 aromatic heterocycles. The van der Waals surface area contributed by atoms with Crippen molar-refractivity contribution in [3.05, 3.63) is 28.1 Å². The summed E-state index contributed by atoms with van der Waals surface area (Å²) in [6, 6.07) is 3.95. The molecule has 0 radical (unpaired) electrons. The number of hydrogen-bond donors (Lipinski definition) is 0. The Labute approximate surface area is 92.3 Å². The highest BCUT2D eigenvalue weighted by molar-refractivity contribution is 7.17. The van der Waals surface area contributed by atoms with Crippen LogP contribution in [0, 0.1) is 6.92 Å². The molecule has 0 saturated carbocycles. The smallest absolute Gasteiger partial charge is 0.155 e. The molecule has 3 heteroatoms. The highest BCUT2D eigenvalue weighted by atomic mass is 35.5. The standard InChI is InChI=1S/C11H11ClOS/c1-3-13-10-9(12)5-4-8-7(2)6-14-11(8)10/h4-6H,3H2,1-2H3. The minimum absolute atomic E-state index is 0.649. The van der Waals surface area contributed by atoms with Crippen LogP contribution in [-0.2, 0) is 0 Å². The molecule has 0 aliphatic rings. The molecule has 0 bridgehead atoms. The molecule has 2 aromatic rings. The van der Waals surface area contributed by atoms with Crippen LogP contribution in [0.3, 0.4) is 0 Å². The predicted octanol–water partition coefficient (Wildman–Crippen LogP) is 4.26. The van der Waals surface area contributed by atoms with E-state index in [1.807, 2.05) is 19.1 Å². The zero-order valence-corrected chi connectivity index (χ0v) is 9.71. The molecule has 0 aliphatic carbocycles. The molecule has 0 atom stereocenters. The summed E-state index contributed by atoms with van der Waals surface area (Å²) in [5.41, 5.74) is 1.28. The maximum absolute atomic E-state index is 6.07. The van der Waals surface area contributed by atoms with Gasteiger partial charge in [-0.2, -0.15) is 0 Å². The molecule has 1 nitrogen and oxygen atoms in total. The van der Waals surface area contributed by atoms with Gasteiger partial charge in [0.1, 0.15) is 0 Å². The van der Waals surface area contributed by atoms with Crippen molar-refractivity contribution in [3.63, 3.8) is 0 Å². The average molecular weight is 227 g/mol. The lowest BCUT2D eigenvalue weighted by atomic mass is 10.2. The van der Waals surface area contributed by atoms with Gasteiger partial charge in [0.25, 0.3) is 0 Å². The Morgan fingerprint density at radius 3 is 2.93 bits per heavy atom. The summed E-state index contributed by atoms with van der Waals surface area (Å²) >= 11 is 7.76. The van der Waals surface area contributed by atoms with Crippen LogP contribution < -0.4 is 4.74 Å². The number of hydrogen-bond acceptors (Lipinski definition) is 2. The second kappa shape index (κ2) is 3.79. The topological polar surface area (TPSA) is 9.23 Å². The zero-order chi connectivity index (χ0) is 10.1. The first-order chi connectivity index (χ1) is 6.74. The molecule has 14 heavy (non-hydrogen) atoms. The molecule has 0 saturated heterocycles. The summed E-state index contributed by atoms with van der Waals surface area (Å²) in [4.78, 5) is 0. The third kappa shape index (κ3) is 1.49. The molecule has 0 amide bonds. The number of benzene rings is 1. The second-order valence-corrected chi connectivity index (χ2v) is 4.39. The Morgan fingerprint density at radius 1 is 1.43 bits per heavy atom. The summed E-state index contributed by atoms with van der Waals surface area (Å²) in [5.74, 6) is 0.824. The highest BCUT2D eigenvalue weighted by Crippen LogP contribution is 2.38. The molecular weight excluding hydrogens is 216 g/mol. The zero-order valence-electron chi connectivity index (χ0n) is 8.13. The molecule has 0 fully saturated rings. The molecule has 0 N–H and O–H groups in total. The van der Waals surface area contributed by atoms with Crippen molar-refractivity contribution in [2.24, 2.45) is 0 Å². The summed E-state index contributed by atoms with van der Waals surface area (Å²) in [7, 11) is 0. The van der Waals surface area contributed by atoms with Crippen molar-refractivity contribution in [1.29, 1.82) is 0 Å². The molecule has 0 spiro atoms. The van der Waals surface area contributed by atoms with Gasteiger partial charge in [0.2, 0.25) is 0 Å². The van der Waals surface area contributed by atoms with E-state index in [0.29, 0.717) is 11.6 Å². The van der Waals surface area contributed by atoms with Gasteiger partial charge in [-0.25, -0.2) is 0 Å². The minimum atomic E-state index is 0.649. The van der Waals surface area contributed by atoms with E-state index in [-0.39, 0.29) is 0 Å². The first-order valence-corrected chi connectivity index (χ1v) is 5.79. The van der Waals surface area contributed by atoms with Gasteiger partial charge in [-0.1, -0.05) is 17.7 Å². The number of aryl methyl sites for hydroxylation is 1. The highest BCUT2D eigenvalue weighted by Gasteiger charge is 2.09. The van der Waals surface area contributed by atoms with Crippen LogP contribution in [0.15, 0.2) is 17.5 Å². The number of fused-ring (bicyclic) bond motifs is 1. The summed E-state index contributed by atoms with van der Waals surface area (Å²) < 4.78 is 6.69. The van der Waals surface area contributed by atoms with Gasteiger partial charge in [0.15, 0.2) is 5.75 Å². The number of rotatable bonds is 2. The van der Waals surface area contributed by atoms with Crippen LogP contribution in [0.1, 0.15) is 12.5 Å². The van der Waals surface area contributed by atoms with Crippen molar-refractivity contribution in [3.8, 4) is 5.75 Å². The molecule has 1 aromatic carbocycles. The van der Waals surface area contributed by atoms with Crippen LogP contribution in [0.2, 0.25) is 5.02 Å². The number of halogens is 1. The molecule has 2 rings (SSSR count). The van der Waals surface area contributed by atoms with E-state index in [1.54, 1.807) is 11.3 Å². The maximum Gasteiger partial charge on any atom is 0.155 e. The summed E-state index contributed by atoms with van der Waals surface area (Å²) in [5, 5.41) is 4.06. The van der Waals surface area contributed by atoms with E-state index in [4.69, 9.17) is 16.3 Å². The van der Waals surface area contributed by atoms with Crippen molar-refractivity contribution < 1.29 is 4.74 Å². The molecule has 74 valence electrons. The summed E-state index contributed by atoms with van der Waals surface area (Å²) in [6.07, 6.45) is 0. The van der Waals surface area contributed by atoms with Crippen LogP contribution in [0.4, 0.5) is 0 Å². The maximum atomic E-state index is 6.07. The fraction of sp³-hybridized carbons (Fsp3) is 0.273. The fourth-order valence-corrected chi connectivity index (χ4v) is 2.78. The molecular formula is C11H11ClOS. The van der Waals surface area contributed by atoms with Gasteiger partial charge in [0, 0.05) is 0 Å². The monoisotopic (exact) mass is 226 g/mol. The first kappa shape index (κ1) is 9.81. The molecule has 1 heterocycles. The van der Waals surface area contributed by atoms with Gasteiger partial charge < -0.3 is 4.74 Å². The Balaban J connectivity index is 2.70. The van der Waals surface area contributed by atoms with Crippen molar-refractivity contribution in [2.75, 3.05) is 6.61 Å². The third-order valence-corrected chi connectivity index (χ3v) is 3.54. The van der Waals surface area contributed by atoms with Crippen LogP contribution >= 0.6 is 22.9 Å². The SMILES string of the molecule is CCOc1c(Cl)ccc2c(C)csc12. The Hall–Kier alpha value is -0.730. The van der Waals surface area contributed by atoms with Gasteiger partial charge >= 0.3 is 0 Å². The normalized spacial score (nSPS) is 10.8. The number of thiophene rings is 1. The van der Waals surface area contributed by atoms with E-state index < -0.39 is 0 Å². The quantitative estimate of drug-likeness (QED) is 0.744. The average Bonchev–Trinajstić information content (AvgIpc) is 2.53. The molecule has 0 aliphatic heterocycles. The Morgan fingerprint density at radius 2 is 2.21 bits per heavy atom. The predicted molar refractivity (Wildman–Crippen MR) is 62.7 cm³/mol. The Kier molecular flexibility index (Phi) is 2.66. The minimum Gasteiger partial charge on any atom is -0.491 e. The lowest BCUT2D eigenvalue weighted by Gasteiger charge is -2.06. The van der Waals surface area contributed by atoms with E-state index in [9.17, 15) is 0 Å². The van der Waals surface area contributed by atoms with Gasteiger partial charge in [-0.3, -0.25) is 0 Å². The van der Waals surface area contributed by atoms with Gasteiger partial charge in [0.05, 0.1) is 16.3 Å². The van der Waals surface area contributed by atoms with E-state index in [1.165, 1.54) is 10.9 Å². The lowest BCUT2D eigenvalue weighted by molar-refractivity contribution is 0.345. The van der Waals surface area contributed by atoms with Crippen molar-refractivity contribution in [1.82, 2.24) is 0 Å². The Bertz CT molecular complexity index is 462. The largest absolute Gasteiger partial charge is 0.491 e. The van der Waals surface area contributed by atoms with E-state index in [0.717, 1.165) is 10.4 Å². The number of ether oxygens (including phenoxy) is 1. The molecule has 0 unspecified atom stereocenters. The van der Waals surface area contributed by atoms with Crippen LogP contribution in [0.5, 0.6) is 5.75 Å². The van der Waals surface area contributed by atoms with Crippen molar-refractivity contribution >= 4 is 33.0 Å². The second-order valence-electron chi connectivity index (χ2n) is 3.10. The van der Waals surface area contributed by atoms with E-state index in [2.05, 4.69) is 12.3 Å². The fourth-order valence-electron chi connectivity index (χ4n) is 1.46. The van der Waals surface area contributed by atoms with Crippen LogP contribution in [-0.4, -0.2) is 6.61 Å². The van der Waals surface area contributed by atoms with E-state index >= 15 is 0 Å². The third-order valence-electron chi connectivity index (χ3n) is 2.13. The van der Waals surface area contributed by atoms with Crippen LogP contribution in [0.25, 0.3) is 10.1 Å².